The Balaban J connectivity index is 2.40. The third-order valence-corrected chi connectivity index (χ3v) is 3.56. The minimum Gasteiger partial charge on any atom is -0.347 e. The SMILES string of the molecule is Cc1cc2c(cc1F)c1c(n2C)CCNC1. The molecule has 0 saturated heterocycles. The molecule has 0 amide bonds. The largest absolute Gasteiger partial charge is 0.347 e. The summed E-state index contributed by atoms with van der Waals surface area (Å²) in [5.41, 5.74) is 4.48. The molecular formula is C13H15FN2. The van der Waals surface area contributed by atoms with Gasteiger partial charge in [-0.15, -0.1) is 0 Å². The molecule has 1 aromatic heterocycles. The highest BCUT2D eigenvalue weighted by Crippen LogP contribution is 2.29. The van der Waals surface area contributed by atoms with E-state index < -0.39 is 0 Å². The first kappa shape index (κ1) is 9.85. The molecular weight excluding hydrogens is 203 g/mol. The summed E-state index contributed by atoms with van der Waals surface area (Å²) in [6.45, 7) is 3.69. The maximum atomic E-state index is 13.6. The summed E-state index contributed by atoms with van der Waals surface area (Å²) in [7, 11) is 2.07. The van der Waals surface area contributed by atoms with E-state index in [0.29, 0.717) is 0 Å². The lowest BCUT2D eigenvalue weighted by Crippen LogP contribution is -2.24. The smallest absolute Gasteiger partial charge is 0.126 e. The zero-order chi connectivity index (χ0) is 11.3. The molecule has 84 valence electrons. The average molecular weight is 218 g/mol. The van der Waals surface area contributed by atoms with Gasteiger partial charge in [-0.2, -0.15) is 0 Å². The third-order valence-electron chi connectivity index (χ3n) is 3.56. The predicted molar refractivity (Wildman–Crippen MR) is 63.0 cm³/mol. The van der Waals surface area contributed by atoms with Crippen LogP contribution >= 0.6 is 0 Å². The number of benzene rings is 1. The summed E-state index contributed by atoms with van der Waals surface area (Å²) < 4.78 is 15.8. The van der Waals surface area contributed by atoms with Crippen LogP contribution in [0.3, 0.4) is 0 Å². The lowest BCUT2D eigenvalue weighted by molar-refractivity contribution is 0.618. The predicted octanol–water partition coefficient (Wildman–Crippen LogP) is 2.27. The van der Waals surface area contributed by atoms with Gasteiger partial charge in [0.05, 0.1) is 0 Å². The number of rotatable bonds is 0. The van der Waals surface area contributed by atoms with Crippen molar-refractivity contribution in [2.75, 3.05) is 6.54 Å². The van der Waals surface area contributed by atoms with Crippen LogP contribution in [0.15, 0.2) is 12.1 Å². The van der Waals surface area contributed by atoms with Crippen molar-refractivity contribution in [3.8, 4) is 0 Å². The van der Waals surface area contributed by atoms with Gasteiger partial charge in [-0.1, -0.05) is 0 Å². The van der Waals surface area contributed by atoms with Crippen LogP contribution in [0, 0.1) is 12.7 Å². The van der Waals surface area contributed by atoms with Crippen LogP contribution in [0.25, 0.3) is 10.9 Å². The Labute approximate surface area is 94.1 Å². The van der Waals surface area contributed by atoms with Crippen molar-refractivity contribution < 1.29 is 4.39 Å². The van der Waals surface area contributed by atoms with Gasteiger partial charge in [-0.25, -0.2) is 4.39 Å². The molecule has 0 fully saturated rings. The Morgan fingerprint density at radius 3 is 3.00 bits per heavy atom. The molecule has 0 saturated carbocycles. The molecule has 2 nitrogen and oxygen atoms in total. The van der Waals surface area contributed by atoms with Gasteiger partial charge in [-0.3, -0.25) is 0 Å². The lowest BCUT2D eigenvalue weighted by atomic mass is 10.0. The van der Waals surface area contributed by atoms with Gasteiger partial charge < -0.3 is 9.88 Å². The molecule has 2 aromatic rings. The minimum absolute atomic E-state index is 0.105. The molecule has 3 heteroatoms. The van der Waals surface area contributed by atoms with Crippen LogP contribution in [0.2, 0.25) is 0 Å². The highest BCUT2D eigenvalue weighted by molar-refractivity contribution is 5.86. The zero-order valence-corrected chi connectivity index (χ0v) is 9.60. The number of nitrogens with one attached hydrogen (secondary N) is 1. The van der Waals surface area contributed by atoms with Crippen molar-refractivity contribution in [3.05, 3.63) is 34.8 Å². The van der Waals surface area contributed by atoms with Crippen molar-refractivity contribution in [3.63, 3.8) is 0 Å². The average Bonchev–Trinajstić information content (AvgIpc) is 2.55. The number of aryl methyl sites for hydroxylation is 2. The summed E-state index contributed by atoms with van der Waals surface area (Å²) in [5, 5.41) is 4.41. The molecule has 3 rings (SSSR count). The number of hydrogen-bond donors (Lipinski definition) is 1. The molecule has 0 radical (unpaired) electrons. The fourth-order valence-electron chi connectivity index (χ4n) is 2.62. The van der Waals surface area contributed by atoms with Crippen molar-refractivity contribution in [1.82, 2.24) is 9.88 Å². The van der Waals surface area contributed by atoms with Crippen LogP contribution in [-0.4, -0.2) is 11.1 Å². The van der Waals surface area contributed by atoms with Crippen LogP contribution < -0.4 is 5.32 Å². The van der Waals surface area contributed by atoms with Crippen molar-refractivity contribution in [1.29, 1.82) is 0 Å². The first-order chi connectivity index (χ1) is 7.68. The molecule has 16 heavy (non-hydrogen) atoms. The second-order valence-electron chi connectivity index (χ2n) is 4.53. The van der Waals surface area contributed by atoms with Gasteiger partial charge in [0.25, 0.3) is 0 Å². The van der Waals surface area contributed by atoms with Crippen LogP contribution in [-0.2, 0) is 20.0 Å². The van der Waals surface area contributed by atoms with E-state index in [4.69, 9.17) is 0 Å². The topological polar surface area (TPSA) is 17.0 Å². The Morgan fingerprint density at radius 2 is 2.19 bits per heavy atom. The summed E-state index contributed by atoms with van der Waals surface area (Å²) >= 11 is 0. The van der Waals surface area contributed by atoms with E-state index in [2.05, 4.69) is 16.9 Å². The third kappa shape index (κ3) is 1.21. The van der Waals surface area contributed by atoms with Crippen molar-refractivity contribution >= 4 is 10.9 Å². The molecule has 0 atom stereocenters. The van der Waals surface area contributed by atoms with E-state index >= 15 is 0 Å². The van der Waals surface area contributed by atoms with Gasteiger partial charge in [-0.05, 0) is 30.2 Å². The fraction of sp³-hybridized carbons (Fsp3) is 0.385. The standard InChI is InChI=1S/C13H15FN2/c1-8-5-13-9(6-11(8)14)10-7-15-4-3-12(10)16(13)2/h5-6,15H,3-4,7H2,1-2H3. The van der Waals surface area contributed by atoms with Gasteiger partial charge in [0.1, 0.15) is 5.82 Å². The number of aromatic nitrogens is 1. The molecule has 1 N–H and O–H groups in total. The van der Waals surface area contributed by atoms with E-state index in [1.54, 1.807) is 6.07 Å². The first-order valence-electron chi connectivity index (χ1n) is 5.65. The van der Waals surface area contributed by atoms with E-state index in [1.807, 2.05) is 13.0 Å². The maximum Gasteiger partial charge on any atom is 0.126 e. The van der Waals surface area contributed by atoms with Crippen LogP contribution in [0.1, 0.15) is 16.8 Å². The fourth-order valence-corrected chi connectivity index (χ4v) is 2.62. The van der Waals surface area contributed by atoms with Gasteiger partial charge >= 0.3 is 0 Å². The molecule has 1 aliphatic rings. The van der Waals surface area contributed by atoms with Gasteiger partial charge in [0, 0.05) is 43.2 Å². The Morgan fingerprint density at radius 1 is 1.38 bits per heavy atom. The highest BCUT2D eigenvalue weighted by Gasteiger charge is 2.18. The molecule has 0 bridgehead atoms. The lowest BCUT2D eigenvalue weighted by Gasteiger charge is -2.14. The number of halogens is 1. The van der Waals surface area contributed by atoms with Crippen LogP contribution in [0.5, 0.6) is 0 Å². The molecule has 1 aromatic carbocycles. The summed E-state index contributed by atoms with van der Waals surface area (Å²) in [5.74, 6) is -0.105. The van der Waals surface area contributed by atoms with Crippen LogP contribution in [0.4, 0.5) is 4.39 Å². The minimum atomic E-state index is -0.105. The van der Waals surface area contributed by atoms with E-state index in [-0.39, 0.29) is 5.82 Å². The van der Waals surface area contributed by atoms with Crippen molar-refractivity contribution in [2.24, 2.45) is 7.05 Å². The van der Waals surface area contributed by atoms with E-state index in [1.165, 1.54) is 11.3 Å². The normalized spacial score (nSPS) is 15.4. The second-order valence-corrected chi connectivity index (χ2v) is 4.53. The molecule has 0 unspecified atom stereocenters. The quantitative estimate of drug-likeness (QED) is 0.717. The number of hydrogen-bond acceptors (Lipinski definition) is 1. The van der Waals surface area contributed by atoms with Gasteiger partial charge in [0.2, 0.25) is 0 Å². The zero-order valence-electron chi connectivity index (χ0n) is 9.60. The summed E-state index contributed by atoms with van der Waals surface area (Å²) in [4.78, 5) is 0. The second kappa shape index (κ2) is 3.32. The summed E-state index contributed by atoms with van der Waals surface area (Å²) in [6, 6.07) is 3.62. The Hall–Kier alpha value is -1.35. The number of nitrogens with zero attached hydrogens (tertiary/aromatic N) is 1. The molecule has 2 heterocycles. The summed E-state index contributed by atoms with van der Waals surface area (Å²) in [6.07, 6.45) is 1.03. The maximum absolute atomic E-state index is 13.6. The Kier molecular flexibility index (Phi) is 2.04. The first-order valence-corrected chi connectivity index (χ1v) is 5.65. The van der Waals surface area contributed by atoms with Crippen molar-refractivity contribution in [2.45, 2.75) is 19.9 Å². The number of fused-ring (bicyclic) bond motifs is 3. The highest BCUT2D eigenvalue weighted by atomic mass is 19.1. The van der Waals surface area contributed by atoms with Gasteiger partial charge in [0.15, 0.2) is 0 Å². The molecule has 1 aliphatic heterocycles. The monoisotopic (exact) mass is 218 g/mol. The molecule has 0 spiro atoms. The molecule has 0 aliphatic carbocycles. The Bertz CT molecular complexity index is 569. The van der Waals surface area contributed by atoms with E-state index in [0.717, 1.165) is 36.0 Å². The van der Waals surface area contributed by atoms with E-state index in [9.17, 15) is 4.39 Å².